The normalized spacial score (nSPS) is 10.2. The van der Waals surface area contributed by atoms with E-state index >= 15 is 0 Å². The summed E-state index contributed by atoms with van der Waals surface area (Å²) in [5.74, 6) is -0.989. The number of carbonyl (C=O) groups is 2. The topological polar surface area (TPSA) is 46.2 Å². The molecule has 0 saturated heterocycles. The van der Waals surface area contributed by atoms with Gasteiger partial charge in [-0.3, -0.25) is 14.9 Å². The van der Waals surface area contributed by atoms with E-state index in [1.165, 1.54) is 13.0 Å². The van der Waals surface area contributed by atoms with E-state index in [9.17, 15) is 9.59 Å². The van der Waals surface area contributed by atoms with Crippen LogP contribution in [0, 0.1) is 0 Å². The molecule has 1 aromatic carbocycles. The molecule has 0 aromatic heterocycles. The summed E-state index contributed by atoms with van der Waals surface area (Å²) < 4.78 is 0. The Hall–Kier alpha value is -1.87. The van der Waals surface area contributed by atoms with E-state index in [1.807, 2.05) is 6.07 Å². The maximum absolute atomic E-state index is 11.3. The van der Waals surface area contributed by atoms with Gasteiger partial charge in [0.15, 0.2) is 0 Å². The van der Waals surface area contributed by atoms with Crippen LogP contribution in [-0.2, 0) is 9.59 Å². The van der Waals surface area contributed by atoms with Crippen molar-refractivity contribution in [2.24, 2.45) is 0 Å². The second kappa shape index (κ2) is 6.01. The van der Waals surface area contributed by atoms with E-state index in [0.29, 0.717) is 10.6 Å². The Bertz CT molecular complexity index is 492. The number of carbonyl (C=O) groups excluding carboxylic acids is 2. The van der Waals surface area contributed by atoms with Crippen LogP contribution in [-0.4, -0.2) is 11.8 Å². The zero-order chi connectivity index (χ0) is 12.8. The molecule has 88 valence electrons. The highest BCUT2D eigenvalue weighted by Crippen LogP contribution is 2.15. The first-order chi connectivity index (χ1) is 8.00. The second-order valence-electron chi connectivity index (χ2n) is 3.45. The minimum Gasteiger partial charge on any atom is -0.289 e. The Morgan fingerprint density at radius 2 is 2.00 bits per heavy atom. The summed E-state index contributed by atoms with van der Waals surface area (Å²) >= 11 is 5.90. The summed E-state index contributed by atoms with van der Waals surface area (Å²) in [5.41, 5.74) is 0.997. The highest BCUT2D eigenvalue weighted by atomic mass is 35.5. The van der Waals surface area contributed by atoms with Gasteiger partial charge in [-0.15, -0.1) is 0 Å². The van der Waals surface area contributed by atoms with E-state index in [2.05, 4.69) is 11.9 Å². The van der Waals surface area contributed by atoms with Gasteiger partial charge >= 0.3 is 0 Å². The van der Waals surface area contributed by atoms with Crippen LogP contribution in [0.1, 0.15) is 12.5 Å². The molecule has 0 aliphatic rings. The molecule has 0 bridgehead atoms. The summed E-state index contributed by atoms with van der Waals surface area (Å²) in [5, 5.41) is 2.71. The minimum atomic E-state index is -0.502. The zero-order valence-electron chi connectivity index (χ0n) is 9.37. The number of benzene rings is 1. The first kappa shape index (κ1) is 13.2. The fraction of sp³-hybridized carbons (Fsp3) is 0.0769. The number of halogens is 1. The highest BCUT2D eigenvalue weighted by molar-refractivity contribution is 6.32. The lowest BCUT2D eigenvalue weighted by molar-refractivity contribution is -0.125. The average Bonchev–Trinajstić information content (AvgIpc) is 2.27. The van der Waals surface area contributed by atoms with Crippen LogP contribution in [0.3, 0.4) is 0 Å². The molecule has 0 spiro atoms. The molecule has 2 amide bonds. The maximum Gasteiger partial charge on any atom is 0.253 e. The molecule has 0 radical (unpaired) electrons. The monoisotopic (exact) mass is 249 g/mol. The van der Waals surface area contributed by atoms with Crippen molar-refractivity contribution in [2.45, 2.75) is 6.92 Å². The van der Waals surface area contributed by atoms with Crippen LogP contribution in [0.15, 0.2) is 42.5 Å². The largest absolute Gasteiger partial charge is 0.289 e. The minimum absolute atomic E-state index is 0.282. The van der Waals surface area contributed by atoms with Crippen molar-refractivity contribution in [1.82, 2.24) is 5.32 Å². The molecule has 1 aromatic rings. The zero-order valence-corrected chi connectivity index (χ0v) is 10.1. The van der Waals surface area contributed by atoms with Crippen LogP contribution in [0.2, 0.25) is 5.02 Å². The van der Waals surface area contributed by atoms with Crippen LogP contribution in [0.4, 0.5) is 0 Å². The van der Waals surface area contributed by atoms with Gasteiger partial charge in [-0.25, -0.2) is 0 Å². The molecule has 1 N–H and O–H groups in total. The van der Waals surface area contributed by atoms with Crippen molar-refractivity contribution in [3.05, 3.63) is 53.1 Å². The number of amides is 2. The second-order valence-corrected chi connectivity index (χ2v) is 3.86. The van der Waals surface area contributed by atoms with E-state index in [-0.39, 0.29) is 5.57 Å². The third-order valence-corrected chi connectivity index (χ3v) is 2.29. The number of rotatable bonds is 3. The molecule has 0 saturated carbocycles. The van der Waals surface area contributed by atoms with E-state index in [0.717, 1.165) is 0 Å². The first-order valence-electron chi connectivity index (χ1n) is 4.94. The molecule has 1 rings (SSSR count). The highest BCUT2D eigenvalue weighted by Gasteiger charge is 2.04. The Kier molecular flexibility index (Phi) is 4.67. The van der Waals surface area contributed by atoms with Gasteiger partial charge in [0.25, 0.3) is 11.8 Å². The third-order valence-electron chi connectivity index (χ3n) is 1.94. The number of imide groups is 1. The molecule has 0 fully saturated rings. The number of hydrogen-bond donors (Lipinski definition) is 1. The molecular weight excluding hydrogens is 238 g/mol. The first-order valence-corrected chi connectivity index (χ1v) is 5.32. The summed E-state index contributed by atoms with van der Waals surface area (Å²) in [6, 6.07) is 7.09. The molecule has 0 heterocycles. The van der Waals surface area contributed by atoms with Crippen molar-refractivity contribution >= 4 is 29.5 Å². The Labute approximate surface area is 105 Å². The summed E-state index contributed by atoms with van der Waals surface area (Å²) in [6.45, 7) is 4.96. The van der Waals surface area contributed by atoms with Crippen LogP contribution in [0.25, 0.3) is 6.08 Å². The fourth-order valence-electron chi connectivity index (χ4n) is 1.04. The summed E-state index contributed by atoms with van der Waals surface area (Å²) in [7, 11) is 0. The van der Waals surface area contributed by atoms with Crippen molar-refractivity contribution in [3.63, 3.8) is 0 Å². The Morgan fingerprint density at radius 3 is 2.59 bits per heavy atom. The smallest absolute Gasteiger partial charge is 0.253 e. The van der Waals surface area contributed by atoms with E-state index < -0.39 is 11.8 Å². The van der Waals surface area contributed by atoms with E-state index in [1.54, 1.807) is 24.3 Å². The van der Waals surface area contributed by atoms with Crippen LogP contribution >= 0.6 is 11.6 Å². The molecule has 0 aliphatic carbocycles. The third kappa shape index (κ3) is 4.25. The summed E-state index contributed by atoms with van der Waals surface area (Å²) in [6.07, 6.45) is 2.80. The fourth-order valence-corrected chi connectivity index (χ4v) is 1.23. The molecule has 4 heteroatoms. The average molecular weight is 250 g/mol. The predicted molar refractivity (Wildman–Crippen MR) is 68.4 cm³/mol. The Balaban J connectivity index is 2.66. The maximum atomic E-state index is 11.3. The molecule has 3 nitrogen and oxygen atoms in total. The van der Waals surface area contributed by atoms with Crippen molar-refractivity contribution in [2.75, 3.05) is 0 Å². The van der Waals surface area contributed by atoms with Crippen molar-refractivity contribution < 1.29 is 9.59 Å². The quantitative estimate of drug-likeness (QED) is 0.837. The lowest BCUT2D eigenvalue weighted by Crippen LogP contribution is -2.28. The van der Waals surface area contributed by atoms with Gasteiger partial charge in [-0.1, -0.05) is 36.4 Å². The molecule has 17 heavy (non-hydrogen) atoms. The van der Waals surface area contributed by atoms with Crippen LogP contribution < -0.4 is 5.32 Å². The van der Waals surface area contributed by atoms with Crippen LogP contribution in [0.5, 0.6) is 0 Å². The Morgan fingerprint density at radius 1 is 1.35 bits per heavy atom. The lowest BCUT2D eigenvalue weighted by Gasteiger charge is -1.99. The van der Waals surface area contributed by atoms with Crippen molar-refractivity contribution in [3.8, 4) is 0 Å². The SMILES string of the molecule is C=C(C)C(=O)NC(=O)/C=C/c1ccccc1Cl. The standard InChI is InChI=1S/C13H12ClNO2/c1-9(2)13(17)15-12(16)8-7-10-5-3-4-6-11(10)14/h3-8H,1H2,2H3,(H,15,16,17)/b8-7+. The van der Waals surface area contributed by atoms with Crippen molar-refractivity contribution in [1.29, 1.82) is 0 Å². The van der Waals surface area contributed by atoms with Gasteiger partial charge in [0.1, 0.15) is 0 Å². The number of hydrogen-bond acceptors (Lipinski definition) is 2. The van der Waals surface area contributed by atoms with Gasteiger partial charge in [0.05, 0.1) is 0 Å². The van der Waals surface area contributed by atoms with Gasteiger partial charge in [-0.2, -0.15) is 0 Å². The molecular formula is C13H12ClNO2. The lowest BCUT2D eigenvalue weighted by atomic mass is 10.2. The van der Waals surface area contributed by atoms with Gasteiger partial charge in [-0.05, 0) is 24.6 Å². The summed E-state index contributed by atoms with van der Waals surface area (Å²) in [4.78, 5) is 22.5. The molecule has 0 atom stereocenters. The number of nitrogens with one attached hydrogen (secondary N) is 1. The van der Waals surface area contributed by atoms with Gasteiger partial charge in [0, 0.05) is 16.7 Å². The van der Waals surface area contributed by atoms with E-state index in [4.69, 9.17) is 11.6 Å². The van der Waals surface area contributed by atoms with Gasteiger partial charge in [0.2, 0.25) is 0 Å². The molecule has 0 aliphatic heterocycles. The predicted octanol–water partition coefficient (Wildman–Crippen LogP) is 2.57. The van der Waals surface area contributed by atoms with Gasteiger partial charge < -0.3 is 0 Å². The molecule has 0 unspecified atom stereocenters.